The van der Waals surface area contributed by atoms with E-state index in [1.54, 1.807) is 4.90 Å². The van der Waals surface area contributed by atoms with E-state index >= 15 is 0 Å². The van der Waals surface area contributed by atoms with Gasteiger partial charge in [-0.2, -0.15) is 0 Å². The number of allylic oxidation sites excluding steroid dienone is 1. The van der Waals surface area contributed by atoms with E-state index in [-0.39, 0.29) is 13.2 Å². The van der Waals surface area contributed by atoms with Crippen LogP contribution in [0.4, 0.5) is 0 Å². The lowest BCUT2D eigenvalue weighted by Gasteiger charge is -2.24. The van der Waals surface area contributed by atoms with E-state index in [1.165, 1.54) is 103 Å². The number of nitrogens with zero attached hydrogens (tertiary/aromatic N) is 1. The molecule has 2 atom stereocenters. The van der Waals surface area contributed by atoms with Crippen molar-refractivity contribution in [3.8, 4) is 0 Å². The van der Waals surface area contributed by atoms with E-state index in [2.05, 4.69) is 35.1 Å². The SMILES string of the molecule is CCCCCCCCCCCCCC/C=C/CC1N(CCO)CC[NH+]1CC.CCOS(=O)(=O)[O-]. The number of rotatable bonds is 20. The van der Waals surface area contributed by atoms with Crippen LogP contribution in [-0.4, -0.2) is 68.5 Å². The molecule has 0 aromatic heterocycles. The van der Waals surface area contributed by atoms with Crippen LogP contribution in [0.2, 0.25) is 0 Å². The Labute approximate surface area is 210 Å². The van der Waals surface area contributed by atoms with Crippen LogP contribution in [0.25, 0.3) is 0 Å². The zero-order valence-corrected chi connectivity index (χ0v) is 23.1. The summed E-state index contributed by atoms with van der Waals surface area (Å²) in [6.45, 7) is 10.6. The first-order valence-corrected chi connectivity index (χ1v) is 15.2. The molecule has 204 valence electrons. The second-order valence-electron chi connectivity index (χ2n) is 9.24. The molecule has 1 fully saturated rings. The summed E-state index contributed by atoms with van der Waals surface area (Å²) in [5, 5.41) is 9.24. The fourth-order valence-electron chi connectivity index (χ4n) is 4.58. The van der Waals surface area contributed by atoms with Gasteiger partial charge < -0.3 is 14.6 Å². The summed E-state index contributed by atoms with van der Waals surface area (Å²) < 4.78 is 32.0. The fourth-order valence-corrected chi connectivity index (χ4v) is 4.87. The molecule has 2 unspecified atom stereocenters. The second kappa shape index (κ2) is 22.9. The van der Waals surface area contributed by atoms with Crippen LogP contribution >= 0.6 is 0 Å². The minimum atomic E-state index is -4.42. The van der Waals surface area contributed by atoms with Crippen molar-refractivity contribution in [2.75, 3.05) is 39.4 Å². The van der Waals surface area contributed by atoms with E-state index in [1.807, 2.05) is 0 Å². The van der Waals surface area contributed by atoms with Crippen LogP contribution in [0.5, 0.6) is 0 Å². The largest absolute Gasteiger partial charge is 0.726 e. The lowest BCUT2D eigenvalue weighted by Crippen LogP contribution is -3.14. The summed E-state index contributed by atoms with van der Waals surface area (Å²) in [4.78, 5) is 4.14. The highest BCUT2D eigenvalue weighted by Crippen LogP contribution is 2.13. The zero-order chi connectivity index (χ0) is 25.5. The number of β-amino-alcohol motifs (C(OH)–C–C–N with tert-alkyl or cyclic N) is 1. The standard InChI is InChI=1S/C24H48N2O.C2H6O4S/c1-3-5-6-7-8-9-10-11-12-13-14-15-16-17-18-19-24-25(4-2)20-21-26(24)22-23-27;1-2-6-7(3,4)5/h17-18,24,27H,3-16,19-23H2,1-2H3;2H2,1H3,(H,3,4,5)/b18-17+;. The van der Waals surface area contributed by atoms with Crippen molar-refractivity contribution in [1.82, 2.24) is 4.90 Å². The molecule has 0 aromatic rings. The first-order valence-electron chi connectivity index (χ1n) is 13.8. The van der Waals surface area contributed by atoms with Crippen molar-refractivity contribution in [2.45, 2.75) is 117 Å². The van der Waals surface area contributed by atoms with Gasteiger partial charge in [0.25, 0.3) is 0 Å². The summed E-state index contributed by atoms with van der Waals surface area (Å²) >= 11 is 0. The number of quaternary nitrogens is 1. The Morgan fingerprint density at radius 3 is 1.94 bits per heavy atom. The fraction of sp³-hybridized carbons (Fsp3) is 0.923. The lowest BCUT2D eigenvalue weighted by molar-refractivity contribution is -0.916. The van der Waals surface area contributed by atoms with Crippen molar-refractivity contribution >= 4 is 10.4 Å². The second-order valence-corrected chi connectivity index (χ2v) is 10.3. The summed E-state index contributed by atoms with van der Waals surface area (Å²) in [6, 6.07) is 0. The molecule has 0 spiro atoms. The van der Waals surface area contributed by atoms with Gasteiger partial charge in [0.05, 0.1) is 32.8 Å². The Kier molecular flexibility index (Phi) is 22.6. The normalized spacial score (nSPS) is 19.0. The molecule has 0 saturated carbocycles. The molecule has 0 aromatic carbocycles. The number of aliphatic hydroxyl groups excluding tert-OH is 1. The Hall–Kier alpha value is -0.510. The van der Waals surface area contributed by atoms with E-state index in [0.717, 1.165) is 19.5 Å². The van der Waals surface area contributed by atoms with Crippen LogP contribution < -0.4 is 4.90 Å². The summed E-state index contributed by atoms with van der Waals surface area (Å²) in [5.74, 6) is 0. The average molecular weight is 507 g/mol. The van der Waals surface area contributed by atoms with Gasteiger partial charge in [0.1, 0.15) is 6.17 Å². The van der Waals surface area contributed by atoms with Gasteiger partial charge in [-0.3, -0.25) is 4.18 Å². The molecule has 8 heteroatoms. The number of hydrogen-bond donors (Lipinski definition) is 2. The predicted octanol–water partition coefficient (Wildman–Crippen LogP) is 4.05. The van der Waals surface area contributed by atoms with Gasteiger partial charge in [-0.25, -0.2) is 13.3 Å². The minimum Gasteiger partial charge on any atom is -0.726 e. The summed E-state index contributed by atoms with van der Waals surface area (Å²) in [5.41, 5.74) is 0. The molecule has 0 radical (unpaired) electrons. The van der Waals surface area contributed by atoms with Gasteiger partial charge >= 0.3 is 0 Å². The lowest BCUT2D eigenvalue weighted by atomic mass is 10.0. The number of likely N-dealkylation sites (N-methyl/N-ethyl adjacent to an activating group) is 1. The van der Waals surface area contributed by atoms with Crippen LogP contribution in [-0.2, 0) is 14.6 Å². The molecule has 2 N–H and O–H groups in total. The topological polar surface area (TPSA) is 94.3 Å². The molecule has 0 amide bonds. The molecule has 34 heavy (non-hydrogen) atoms. The molecule has 1 aliphatic heterocycles. The predicted molar refractivity (Wildman–Crippen MR) is 140 cm³/mol. The molecule has 7 nitrogen and oxygen atoms in total. The number of unbranched alkanes of at least 4 members (excludes halogenated alkanes) is 12. The van der Waals surface area contributed by atoms with Crippen molar-refractivity contribution in [2.24, 2.45) is 0 Å². The van der Waals surface area contributed by atoms with Gasteiger partial charge in [-0.15, -0.1) is 0 Å². The van der Waals surface area contributed by atoms with Gasteiger partial charge in [0, 0.05) is 13.0 Å². The molecule has 0 aliphatic carbocycles. The average Bonchev–Trinajstić information content (AvgIpc) is 3.18. The summed E-state index contributed by atoms with van der Waals surface area (Å²) in [6.07, 6.45) is 24.9. The Balaban J connectivity index is 0.00000135. The van der Waals surface area contributed by atoms with Gasteiger partial charge in [0.2, 0.25) is 10.4 Å². The highest BCUT2D eigenvalue weighted by Gasteiger charge is 2.32. The highest BCUT2D eigenvalue weighted by atomic mass is 32.3. The number of nitrogens with one attached hydrogen (secondary N) is 1. The molecular formula is C26H54N2O5S. The van der Waals surface area contributed by atoms with E-state index in [4.69, 9.17) is 0 Å². The molecular weight excluding hydrogens is 452 g/mol. The van der Waals surface area contributed by atoms with Crippen LogP contribution in [0.3, 0.4) is 0 Å². The van der Waals surface area contributed by atoms with Crippen molar-refractivity contribution in [1.29, 1.82) is 0 Å². The Morgan fingerprint density at radius 1 is 0.941 bits per heavy atom. The minimum absolute atomic E-state index is 0.0914. The first kappa shape index (κ1) is 33.5. The molecule has 1 heterocycles. The Bertz CT molecular complexity index is 572. The molecule has 1 aliphatic rings. The quantitative estimate of drug-likeness (QED) is 0.112. The van der Waals surface area contributed by atoms with Crippen molar-refractivity contribution in [3.05, 3.63) is 12.2 Å². The highest BCUT2D eigenvalue weighted by molar-refractivity contribution is 7.80. The molecule has 0 bridgehead atoms. The monoisotopic (exact) mass is 506 g/mol. The van der Waals surface area contributed by atoms with Gasteiger partial charge in [0.15, 0.2) is 0 Å². The van der Waals surface area contributed by atoms with Gasteiger partial charge in [-0.05, 0) is 26.7 Å². The Morgan fingerprint density at radius 2 is 1.50 bits per heavy atom. The third-order valence-electron chi connectivity index (χ3n) is 6.49. The molecule has 1 saturated heterocycles. The third-order valence-corrected chi connectivity index (χ3v) is 7.01. The van der Waals surface area contributed by atoms with E-state index < -0.39 is 10.4 Å². The van der Waals surface area contributed by atoms with Crippen molar-refractivity contribution in [3.63, 3.8) is 0 Å². The van der Waals surface area contributed by atoms with E-state index in [9.17, 15) is 18.1 Å². The van der Waals surface area contributed by atoms with Crippen LogP contribution in [0.15, 0.2) is 12.2 Å². The maximum Gasteiger partial charge on any atom is 0.217 e. The molecule has 1 rings (SSSR count). The van der Waals surface area contributed by atoms with Gasteiger partial charge in [-0.1, -0.05) is 89.7 Å². The smallest absolute Gasteiger partial charge is 0.217 e. The maximum absolute atomic E-state index is 9.45. The number of hydrogen-bond acceptors (Lipinski definition) is 6. The zero-order valence-electron chi connectivity index (χ0n) is 22.3. The van der Waals surface area contributed by atoms with E-state index in [0.29, 0.717) is 6.17 Å². The van der Waals surface area contributed by atoms with Crippen LogP contribution in [0, 0.1) is 0 Å². The van der Waals surface area contributed by atoms with Crippen LogP contribution in [0.1, 0.15) is 111 Å². The third kappa shape index (κ3) is 19.8. The maximum atomic E-state index is 9.45. The first-order chi connectivity index (χ1) is 16.4. The number of aliphatic hydroxyl groups is 1. The van der Waals surface area contributed by atoms with Crippen molar-refractivity contribution < 1.29 is 27.2 Å². The summed E-state index contributed by atoms with van der Waals surface area (Å²) in [7, 11) is -4.42.